The van der Waals surface area contributed by atoms with E-state index in [1.165, 1.54) is 5.56 Å². The molecule has 0 saturated carbocycles. The van der Waals surface area contributed by atoms with Crippen LogP contribution in [-0.4, -0.2) is 18.8 Å². The lowest BCUT2D eigenvalue weighted by Gasteiger charge is -2.13. The number of benzene rings is 2. The van der Waals surface area contributed by atoms with Crippen LogP contribution in [0.4, 0.5) is 0 Å². The molecular weight excluding hydrogens is 340 g/mol. The Kier molecular flexibility index (Phi) is 6.49. The molecule has 0 aliphatic rings. The van der Waals surface area contributed by atoms with Crippen molar-refractivity contribution in [3.8, 4) is 11.5 Å². The van der Waals surface area contributed by atoms with Crippen LogP contribution in [0.1, 0.15) is 28.1 Å². The summed E-state index contributed by atoms with van der Waals surface area (Å²) in [6.45, 7) is 5.92. The zero-order chi connectivity index (χ0) is 19.1. The number of nitrogens with one attached hydrogen (secondary N) is 1. The number of ether oxygens (including phenoxy) is 2. The topological polar surface area (TPSA) is 56.5 Å². The Hall–Kier alpha value is -2.79. The van der Waals surface area contributed by atoms with Gasteiger partial charge in [-0.3, -0.25) is 0 Å². The van der Waals surface area contributed by atoms with E-state index in [-0.39, 0.29) is 0 Å². The number of hydrogen-bond donors (Lipinski definition) is 1. The highest BCUT2D eigenvalue weighted by Crippen LogP contribution is 2.29. The highest BCUT2D eigenvalue weighted by atomic mass is 16.5. The number of aryl methyl sites for hydroxylation is 2. The second-order valence-electron chi connectivity index (χ2n) is 6.49. The molecular formula is C22H26N2O3. The first-order chi connectivity index (χ1) is 13.2. The standard InChI is InChI=1S/C22H26N2O3/c1-16-20(17(2)27-24-16)15-26-21-10-9-19(13-22(21)25-3)14-23-12-11-18-7-5-4-6-8-18/h4-10,13,23H,11-12,14-15H2,1-3H3. The van der Waals surface area contributed by atoms with Crippen molar-refractivity contribution in [2.45, 2.75) is 33.4 Å². The van der Waals surface area contributed by atoms with Crippen LogP contribution in [0.3, 0.4) is 0 Å². The molecule has 5 heteroatoms. The second-order valence-corrected chi connectivity index (χ2v) is 6.49. The van der Waals surface area contributed by atoms with Gasteiger partial charge < -0.3 is 19.3 Å². The minimum atomic E-state index is 0.409. The van der Waals surface area contributed by atoms with Crippen molar-refractivity contribution in [1.82, 2.24) is 10.5 Å². The Morgan fingerprint density at radius 3 is 2.52 bits per heavy atom. The maximum atomic E-state index is 5.93. The van der Waals surface area contributed by atoms with Crippen molar-refractivity contribution in [1.29, 1.82) is 0 Å². The third kappa shape index (κ3) is 5.11. The van der Waals surface area contributed by atoms with Gasteiger partial charge in [-0.05, 0) is 50.1 Å². The summed E-state index contributed by atoms with van der Waals surface area (Å²) in [7, 11) is 1.66. The molecule has 5 nitrogen and oxygen atoms in total. The molecule has 0 spiro atoms. The highest BCUT2D eigenvalue weighted by molar-refractivity contribution is 5.43. The zero-order valence-corrected chi connectivity index (χ0v) is 16.1. The highest BCUT2D eigenvalue weighted by Gasteiger charge is 2.12. The van der Waals surface area contributed by atoms with E-state index in [1.807, 2.05) is 32.0 Å². The number of hydrogen-bond acceptors (Lipinski definition) is 5. The van der Waals surface area contributed by atoms with E-state index in [0.29, 0.717) is 12.4 Å². The number of aromatic nitrogens is 1. The van der Waals surface area contributed by atoms with Crippen LogP contribution in [0.2, 0.25) is 0 Å². The van der Waals surface area contributed by atoms with Gasteiger partial charge in [0.2, 0.25) is 0 Å². The lowest BCUT2D eigenvalue weighted by Crippen LogP contribution is -2.16. The first kappa shape index (κ1) is 19.0. The summed E-state index contributed by atoms with van der Waals surface area (Å²) in [5.74, 6) is 2.22. The molecule has 3 aromatic rings. The minimum absolute atomic E-state index is 0.409. The number of nitrogens with zero attached hydrogens (tertiary/aromatic N) is 1. The summed E-state index contributed by atoms with van der Waals surface area (Å²) < 4.78 is 16.6. The van der Waals surface area contributed by atoms with Gasteiger partial charge >= 0.3 is 0 Å². The average molecular weight is 366 g/mol. The fourth-order valence-electron chi connectivity index (χ4n) is 2.91. The summed E-state index contributed by atoms with van der Waals surface area (Å²) in [5.41, 5.74) is 4.32. The molecule has 3 rings (SSSR count). The normalized spacial score (nSPS) is 10.8. The van der Waals surface area contributed by atoms with Crippen LogP contribution in [-0.2, 0) is 19.6 Å². The van der Waals surface area contributed by atoms with Crippen molar-refractivity contribution in [3.63, 3.8) is 0 Å². The van der Waals surface area contributed by atoms with Gasteiger partial charge in [0.25, 0.3) is 0 Å². The number of methoxy groups -OCH3 is 1. The summed E-state index contributed by atoms with van der Waals surface area (Å²) >= 11 is 0. The molecule has 0 aliphatic carbocycles. The van der Waals surface area contributed by atoms with Crippen LogP contribution < -0.4 is 14.8 Å². The Labute approximate surface area is 160 Å². The first-order valence-corrected chi connectivity index (χ1v) is 9.13. The van der Waals surface area contributed by atoms with E-state index in [4.69, 9.17) is 14.0 Å². The molecule has 1 aromatic heterocycles. The van der Waals surface area contributed by atoms with Crippen LogP contribution in [0.25, 0.3) is 0 Å². The van der Waals surface area contributed by atoms with Crippen LogP contribution >= 0.6 is 0 Å². The largest absolute Gasteiger partial charge is 0.493 e. The molecule has 0 radical (unpaired) electrons. The Balaban J connectivity index is 1.54. The Bertz CT molecular complexity index is 840. The summed E-state index contributed by atoms with van der Waals surface area (Å²) in [6, 6.07) is 16.5. The van der Waals surface area contributed by atoms with Crippen LogP contribution in [0.15, 0.2) is 53.1 Å². The lowest BCUT2D eigenvalue weighted by molar-refractivity contribution is 0.281. The molecule has 0 atom stereocenters. The molecule has 0 bridgehead atoms. The Morgan fingerprint density at radius 1 is 1.00 bits per heavy atom. The molecule has 1 N–H and O–H groups in total. The van der Waals surface area contributed by atoms with E-state index < -0.39 is 0 Å². The van der Waals surface area contributed by atoms with Gasteiger partial charge in [-0.1, -0.05) is 41.6 Å². The average Bonchev–Trinajstić information content (AvgIpc) is 3.02. The maximum Gasteiger partial charge on any atom is 0.161 e. The van der Waals surface area contributed by atoms with E-state index >= 15 is 0 Å². The van der Waals surface area contributed by atoms with Gasteiger partial charge in [0.05, 0.1) is 18.4 Å². The van der Waals surface area contributed by atoms with E-state index in [1.54, 1.807) is 7.11 Å². The first-order valence-electron chi connectivity index (χ1n) is 9.13. The summed E-state index contributed by atoms with van der Waals surface area (Å²) in [4.78, 5) is 0. The monoisotopic (exact) mass is 366 g/mol. The molecule has 0 saturated heterocycles. The van der Waals surface area contributed by atoms with E-state index in [0.717, 1.165) is 47.8 Å². The SMILES string of the molecule is COc1cc(CNCCc2ccccc2)ccc1OCc1c(C)noc1C. The van der Waals surface area contributed by atoms with Crippen molar-refractivity contribution < 1.29 is 14.0 Å². The van der Waals surface area contributed by atoms with Gasteiger partial charge in [-0.15, -0.1) is 0 Å². The maximum absolute atomic E-state index is 5.93. The van der Waals surface area contributed by atoms with E-state index in [2.05, 4.69) is 40.8 Å². The second kappa shape index (κ2) is 9.24. The number of rotatable bonds is 9. The molecule has 1 heterocycles. The van der Waals surface area contributed by atoms with Crippen molar-refractivity contribution in [2.24, 2.45) is 0 Å². The fraction of sp³-hybridized carbons (Fsp3) is 0.318. The predicted octanol–water partition coefficient (Wildman–Crippen LogP) is 4.21. The lowest BCUT2D eigenvalue weighted by atomic mass is 10.1. The molecule has 0 unspecified atom stereocenters. The third-order valence-corrected chi connectivity index (χ3v) is 4.54. The molecule has 2 aromatic carbocycles. The quantitative estimate of drug-likeness (QED) is 0.575. The smallest absolute Gasteiger partial charge is 0.161 e. The predicted molar refractivity (Wildman–Crippen MR) is 105 cm³/mol. The molecule has 0 aliphatic heterocycles. The van der Waals surface area contributed by atoms with Gasteiger partial charge in [0, 0.05) is 6.54 Å². The van der Waals surface area contributed by atoms with Crippen LogP contribution in [0, 0.1) is 13.8 Å². The summed E-state index contributed by atoms with van der Waals surface area (Å²) in [5, 5.41) is 7.43. The van der Waals surface area contributed by atoms with Gasteiger partial charge in [0.1, 0.15) is 12.4 Å². The third-order valence-electron chi connectivity index (χ3n) is 4.54. The molecule has 0 fully saturated rings. The molecule has 0 amide bonds. The Morgan fingerprint density at radius 2 is 1.81 bits per heavy atom. The van der Waals surface area contributed by atoms with E-state index in [9.17, 15) is 0 Å². The zero-order valence-electron chi connectivity index (χ0n) is 16.1. The van der Waals surface area contributed by atoms with Crippen LogP contribution in [0.5, 0.6) is 11.5 Å². The van der Waals surface area contributed by atoms with Crippen molar-refractivity contribution in [3.05, 3.63) is 76.7 Å². The molecule has 27 heavy (non-hydrogen) atoms. The minimum Gasteiger partial charge on any atom is -0.493 e. The van der Waals surface area contributed by atoms with Gasteiger partial charge in [-0.25, -0.2) is 0 Å². The fourth-order valence-corrected chi connectivity index (χ4v) is 2.91. The summed E-state index contributed by atoms with van der Waals surface area (Å²) in [6.07, 6.45) is 1.01. The van der Waals surface area contributed by atoms with Gasteiger partial charge in [0.15, 0.2) is 11.5 Å². The van der Waals surface area contributed by atoms with Crippen molar-refractivity contribution >= 4 is 0 Å². The van der Waals surface area contributed by atoms with Gasteiger partial charge in [-0.2, -0.15) is 0 Å². The molecule has 142 valence electrons. The van der Waals surface area contributed by atoms with Crippen molar-refractivity contribution in [2.75, 3.05) is 13.7 Å².